The van der Waals surface area contributed by atoms with Gasteiger partial charge in [0.2, 0.25) is 0 Å². The van der Waals surface area contributed by atoms with E-state index in [1.807, 2.05) is 0 Å². The fourth-order valence-electron chi connectivity index (χ4n) is 4.36. The first-order valence-corrected chi connectivity index (χ1v) is 10.2. The van der Waals surface area contributed by atoms with Gasteiger partial charge in [-0.3, -0.25) is 0 Å². The summed E-state index contributed by atoms with van der Waals surface area (Å²) < 4.78 is 0. The predicted octanol–water partition coefficient (Wildman–Crippen LogP) is 4.04. The Morgan fingerprint density at radius 1 is 0.529 bits per heavy atom. The number of hydrogen-bond acceptors (Lipinski definition) is 3. The van der Waals surface area contributed by atoms with Crippen LogP contribution in [0.5, 0.6) is 0 Å². The van der Waals surface area contributed by atoms with Crippen molar-refractivity contribution in [2.75, 3.05) is 0 Å². The van der Waals surface area contributed by atoms with Gasteiger partial charge in [-0.15, -0.1) is 0 Å². The van der Waals surface area contributed by atoms with Crippen molar-refractivity contribution in [1.29, 1.82) is 0 Å². The minimum Gasteiger partial charge on any atom is -0.153 e. The Morgan fingerprint density at radius 2 is 1.06 bits per heavy atom. The Hall–Kier alpha value is 1.05. The molecule has 0 radical (unpaired) electrons. The van der Waals surface area contributed by atoms with Crippen LogP contribution in [0, 0.1) is 11.8 Å². The summed E-state index contributed by atoms with van der Waals surface area (Å²) in [5.74, 6) is 2.23. The highest BCUT2D eigenvalue weighted by Crippen LogP contribution is 2.63. The molecular formula is C14H20S3. The van der Waals surface area contributed by atoms with Gasteiger partial charge in [0.15, 0.2) is 0 Å². The van der Waals surface area contributed by atoms with Gasteiger partial charge in [0.1, 0.15) is 0 Å². The largest absolute Gasteiger partial charge is 0.153 e. The van der Waals surface area contributed by atoms with Crippen LogP contribution in [0.4, 0.5) is 0 Å². The molecule has 3 saturated heterocycles. The lowest BCUT2D eigenvalue weighted by atomic mass is 9.80. The molecule has 0 N–H and O–H groups in total. The molecule has 2 aliphatic carbocycles. The molecule has 0 spiro atoms. The van der Waals surface area contributed by atoms with Gasteiger partial charge in [-0.1, -0.05) is 0 Å². The summed E-state index contributed by atoms with van der Waals surface area (Å²) in [6, 6.07) is 0. The van der Waals surface area contributed by atoms with Crippen LogP contribution >= 0.6 is 35.3 Å². The molecule has 5 fully saturated rings. The van der Waals surface area contributed by atoms with E-state index in [2.05, 4.69) is 35.3 Å². The lowest BCUT2D eigenvalue weighted by Crippen LogP contribution is -2.24. The van der Waals surface area contributed by atoms with Crippen molar-refractivity contribution < 1.29 is 0 Å². The minimum absolute atomic E-state index is 1.10. The molecule has 5 rings (SSSR count). The van der Waals surface area contributed by atoms with Crippen LogP contribution in [0.2, 0.25) is 0 Å². The van der Waals surface area contributed by atoms with Gasteiger partial charge < -0.3 is 0 Å². The molecule has 8 unspecified atom stereocenters. The van der Waals surface area contributed by atoms with Crippen molar-refractivity contribution in [3.05, 3.63) is 0 Å². The molecule has 94 valence electrons. The fraction of sp³-hybridized carbons (Fsp3) is 1.00. The van der Waals surface area contributed by atoms with Gasteiger partial charge in [0.25, 0.3) is 0 Å². The molecule has 8 atom stereocenters. The lowest BCUT2D eigenvalue weighted by Gasteiger charge is -2.23. The van der Waals surface area contributed by atoms with Crippen LogP contribution in [-0.2, 0) is 0 Å². The molecule has 0 amide bonds. The van der Waals surface area contributed by atoms with Gasteiger partial charge in [-0.25, -0.2) is 0 Å². The molecular weight excluding hydrogens is 264 g/mol. The topological polar surface area (TPSA) is 0 Å². The van der Waals surface area contributed by atoms with Gasteiger partial charge in [-0.2, -0.15) is 35.3 Å². The number of rotatable bonds is 2. The Morgan fingerprint density at radius 3 is 1.53 bits per heavy atom. The number of thioether (sulfide) groups is 3. The predicted molar refractivity (Wildman–Crippen MR) is 80.2 cm³/mol. The average Bonchev–Trinajstić information content (AvgIpc) is 3.26. The Kier molecular flexibility index (Phi) is 2.40. The second-order valence-corrected chi connectivity index (χ2v) is 11.0. The third-order valence-electron chi connectivity index (χ3n) is 5.58. The Bertz CT molecular complexity index is 312. The molecule has 3 heterocycles. The van der Waals surface area contributed by atoms with E-state index >= 15 is 0 Å². The van der Waals surface area contributed by atoms with Crippen LogP contribution in [0.15, 0.2) is 0 Å². The third-order valence-corrected chi connectivity index (χ3v) is 10.2. The van der Waals surface area contributed by atoms with Gasteiger partial charge in [0, 0.05) is 31.5 Å². The summed E-state index contributed by atoms with van der Waals surface area (Å²) >= 11 is 6.93. The maximum atomic E-state index is 2.37. The second kappa shape index (κ2) is 3.79. The molecule has 0 aromatic rings. The Balaban J connectivity index is 1.21. The minimum atomic E-state index is 1.10. The van der Waals surface area contributed by atoms with Crippen molar-refractivity contribution in [2.24, 2.45) is 11.8 Å². The maximum absolute atomic E-state index is 2.37. The van der Waals surface area contributed by atoms with E-state index in [4.69, 9.17) is 0 Å². The van der Waals surface area contributed by atoms with Crippen molar-refractivity contribution >= 4 is 35.3 Å². The summed E-state index contributed by atoms with van der Waals surface area (Å²) in [6.07, 6.45) is 9.39. The van der Waals surface area contributed by atoms with Crippen molar-refractivity contribution in [2.45, 2.75) is 70.0 Å². The molecule has 17 heavy (non-hydrogen) atoms. The van der Waals surface area contributed by atoms with E-state index in [1.165, 1.54) is 0 Å². The molecule has 5 aliphatic rings. The van der Waals surface area contributed by atoms with E-state index in [0.717, 1.165) is 43.3 Å². The van der Waals surface area contributed by atoms with Crippen LogP contribution in [-0.4, -0.2) is 31.5 Å². The molecule has 0 nitrogen and oxygen atoms in total. The van der Waals surface area contributed by atoms with Crippen molar-refractivity contribution in [3.63, 3.8) is 0 Å². The molecule has 3 heteroatoms. The quantitative estimate of drug-likeness (QED) is 0.703. The highest BCUT2D eigenvalue weighted by molar-refractivity contribution is 8.08. The van der Waals surface area contributed by atoms with Crippen LogP contribution < -0.4 is 0 Å². The van der Waals surface area contributed by atoms with Crippen LogP contribution in [0.1, 0.15) is 38.5 Å². The smallest absolute Gasteiger partial charge is 0.0201 e. The zero-order chi connectivity index (χ0) is 11.0. The summed E-state index contributed by atoms with van der Waals surface area (Å²) in [6.45, 7) is 0. The molecule has 3 aliphatic heterocycles. The highest BCUT2D eigenvalue weighted by atomic mass is 32.2. The standard InChI is InChI=1S/C14H20S3/c1-3-9-11(15-9)5-7(1)13-14(17-13)8-2-4-10-12(6-8)16-10/h7-14H,1-6H2. The first-order chi connectivity index (χ1) is 8.38. The van der Waals surface area contributed by atoms with Gasteiger partial charge >= 0.3 is 0 Å². The van der Waals surface area contributed by atoms with Crippen LogP contribution in [0.25, 0.3) is 0 Å². The van der Waals surface area contributed by atoms with Crippen molar-refractivity contribution in [1.82, 2.24) is 0 Å². The van der Waals surface area contributed by atoms with E-state index in [-0.39, 0.29) is 0 Å². The third kappa shape index (κ3) is 1.90. The highest BCUT2D eigenvalue weighted by Gasteiger charge is 2.55. The first-order valence-electron chi connectivity index (χ1n) is 7.35. The first kappa shape index (κ1) is 10.8. The zero-order valence-electron chi connectivity index (χ0n) is 10.1. The van der Waals surface area contributed by atoms with Crippen LogP contribution in [0.3, 0.4) is 0 Å². The van der Waals surface area contributed by atoms with Gasteiger partial charge in [-0.05, 0) is 50.4 Å². The second-order valence-electron chi connectivity index (χ2n) is 6.64. The lowest BCUT2D eigenvalue weighted by molar-refractivity contribution is 0.344. The number of fused-ring (bicyclic) bond motifs is 2. The molecule has 2 saturated carbocycles. The summed E-state index contributed by atoms with van der Waals surface area (Å²) in [5.41, 5.74) is 0. The SMILES string of the molecule is C1CC2SC2CC1C1SC1C1CCC2SC2C1. The Labute approximate surface area is 117 Å². The van der Waals surface area contributed by atoms with E-state index < -0.39 is 0 Å². The number of hydrogen-bond donors (Lipinski definition) is 0. The van der Waals surface area contributed by atoms with E-state index in [9.17, 15) is 0 Å². The fourth-order valence-corrected chi connectivity index (χ4v) is 8.49. The van der Waals surface area contributed by atoms with E-state index in [1.54, 1.807) is 38.5 Å². The van der Waals surface area contributed by atoms with Crippen molar-refractivity contribution in [3.8, 4) is 0 Å². The van der Waals surface area contributed by atoms with E-state index in [0.29, 0.717) is 0 Å². The normalized spacial score (nSPS) is 63.5. The van der Waals surface area contributed by atoms with Gasteiger partial charge in [0.05, 0.1) is 0 Å². The maximum Gasteiger partial charge on any atom is 0.0201 e. The average molecular weight is 285 g/mol. The summed E-state index contributed by atoms with van der Waals surface area (Å²) in [7, 11) is 0. The summed E-state index contributed by atoms with van der Waals surface area (Å²) in [5, 5.41) is 6.61. The molecule has 0 aromatic carbocycles. The summed E-state index contributed by atoms with van der Waals surface area (Å²) in [4.78, 5) is 0. The molecule has 0 aromatic heterocycles. The molecule has 0 bridgehead atoms. The monoisotopic (exact) mass is 284 g/mol. The zero-order valence-corrected chi connectivity index (χ0v) is 12.5.